The maximum atomic E-state index is 13.2. The van der Waals surface area contributed by atoms with E-state index in [4.69, 9.17) is 11.6 Å². The Hall–Kier alpha value is -1.43. The molecule has 0 aliphatic rings. The lowest BCUT2D eigenvalue weighted by Gasteiger charge is -2.14. The fraction of sp³-hybridized carbons (Fsp3) is 0.333. The largest absolute Gasteiger partial charge is 0.365 e. The third-order valence-electron chi connectivity index (χ3n) is 2.69. The molecule has 0 N–H and O–H groups in total. The van der Waals surface area contributed by atoms with Gasteiger partial charge in [-0.2, -0.15) is 8.78 Å². The van der Waals surface area contributed by atoms with Gasteiger partial charge in [0, 0.05) is 5.39 Å². The van der Waals surface area contributed by atoms with E-state index in [-0.39, 0.29) is 10.7 Å². The van der Waals surface area contributed by atoms with Crippen LogP contribution in [0.2, 0.25) is 5.15 Å². The van der Waals surface area contributed by atoms with Crippen LogP contribution in [0.3, 0.4) is 0 Å². The van der Waals surface area contributed by atoms with Crippen molar-refractivity contribution in [3.63, 3.8) is 0 Å². The number of aromatic nitrogens is 2. The van der Waals surface area contributed by atoms with Crippen molar-refractivity contribution in [1.82, 2.24) is 9.97 Å². The molecule has 1 heterocycles. The lowest BCUT2D eigenvalue weighted by Crippen LogP contribution is -2.26. The van der Waals surface area contributed by atoms with Crippen molar-refractivity contribution in [1.29, 1.82) is 0 Å². The molecule has 0 unspecified atom stereocenters. The molecule has 2 nitrogen and oxygen atoms in total. The Morgan fingerprint density at radius 3 is 2.53 bits per heavy atom. The molecule has 102 valence electrons. The van der Waals surface area contributed by atoms with Gasteiger partial charge in [0.2, 0.25) is 5.82 Å². The Balaban J connectivity index is 2.63. The van der Waals surface area contributed by atoms with Crippen LogP contribution in [0.4, 0.5) is 17.6 Å². The monoisotopic (exact) mass is 292 g/mol. The highest BCUT2D eigenvalue weighted by Gasteiger charge is 2.46. The number of nitrogens with zero attached hydrogens (tertiary/aromatic N) is 2. The molecule has 0 saturated heterocycles. The summed E-state index contributed by atoms with van der Waals surface area (Å²) in [6.45, 7) is 1.91. The van der Waals surface area contributed by atoms with Crippen LogP contribution >= 0.6 is 11.6 Å². The van der Waals surface area contributed by atoms with Gasteiger partial charge in [0.15, 0.2) is 0 Å². The molecule has 1 aromatic carbocycles. The van der Waals surface area contributed by atoms with Crippen LogP contribution in [-0.2, 0) is 12.3 Å². The zero-order valence-corrected chi connectivity index (χ0v) is 10.6. The van der Waals surface area contributed by atoms with Crippen LogP contribution in [0.15, 0.2) is 18.2 Å². The molecule has 0 spiro atoms. The van der Waals surface area contributed by atoms with Crippen LogP contribution in [0, 0.1) is 0 Å². The standard InChI is InChI=1S/C12H9ClF4N2/c1-2-6-3-4-8-7(5-6)9(13)19-11(18-8)12(16,17)10(14)15/h3-5,10H,2H2,1H3. The van der Waals surface area contributed by atoms with Crippen molar-refractivity contribution < 1.29 is 17.6 Å². The molecule has 0 bridgehead atoms. The van der Waals surface area contributed by atoms with E-state index in [0.717, 1.165) is 12.0 Å². The summed E-state index contributed by atoms with van der Waals surface area (Å²) in [5.74, 6) is -5.68. The molecule has 7 heteroatoms. The number of rotatable bonds is 3. The number of aryl methyl sites for hydroxylation is 1. The SMILES string of the molecule is CCc1ccc2nc(C(F)(F)C(F)F)nc(Cl)c2c1. The number of halogens is 5. The lowest BCUT2D eigenvalue weighted by molar-refractivity contribution is -0.140. The molecular formula is C12H9ClF4N2. The van der Waals surface area contributed by atoms with Gasteiger partial charge in [0.1, 0.15) is 5.15 Å². The zero-order valence-electron chi connectivity index (χ0n) is 9.80. The number of alkyl halides is 4. The Morgan fingerprint density at radius 1 is 1.26 bits per heavy atom. The van der Waals surface area contributed by atoms with E-state index in [1.165, 1.54) is 6.07 Å². The second-order valence-corrected chi connectivity index (χ2v) is 4.32. The van der Waals surface area contributed by atoms with Crippen LogP contribution in [0.1, 0.15) is 18.3 Å². The number of benzene rings is 1. The van der Waals surface area contributed by atoms with Crippen molar-refractivity contribution in [2.24, 2.45) is 0 Å². The third-order valence-corrected chi connectivity index (χ3v) is 2.98. The normalized spacial score (nSPS) is 12.4. The summed E-state index contributed by atoms with van der Waals surface area (Å²) < 4.78 is 50.9. The predicted molar refractivity (Wildman–Crippen MR) is 63.8 cm³/mol. The summed E-state index contributed by atoms with van der Waals surface area (Å²) in [7, 11) is 0. The first-order valence-electron chi connectivity index (χ1n) is 5.49. The topological polar surface area (TPSA) is 25.8 Å². The second kappa shape index (κ2) is 4.92. The fourth-order valence-electron chi connectivity index (χ4n) is 1.60. The molecule has 2 rings (SSSR count). The average Bonchev–Trinajstić information content (AvgIpc) is 2.38. The number of hydrogen-bond acceptors (Lipinski definition) is 2. The predicted octanol–water partition coefficient (Wildman–Crippen LogP) is 4.20. The maximum absolute atomic E-state index is 13.2. The summed E-state index contributed by atoms with van der Waals surface area (Å²) in [6.07, 6.45) is -3.16. The summed E-state index contributed by atoms with van der Waals surface area (Å²) >= 11 is 5.77. The van der Waals surface area contributed by atoms with Gasteiger partial charge < -0.3 is 0 Å². The van der Waals surface area contributed by atoms with Gasteiger partial charge in [0.25, 0.3) is 0 Å². The van der Waals surface area contributed by atoms with E-state index in [0.29, 0.717) is 5.39 Å². The first-order chi connectivity index (χ1) is 8.86. The third kappa shape index (κ3) is 2.49. The minimum Gasteiger partial charge on any atom is -0.227 e. The maximum Gasteiger partial charge on any atom is 0.365 e. The number of fused-ring (bicyclic) bond motifs is 1. The second-order valence-electron chi connectivity index (χ2n) is 3.97. The van der Waals surface area contributed by atoms with Crippen molar-refractivity contribution >= 4 is 22.5 Å². The van der Waals surface area contributed by atoms with E-state index >= 15 is 0 Å². The minimum absolute atomic E-state index is 0.118. The fourth-order valence-corrected chi connectivity index (χ4v) is 1.84. The molecular weight excluding hydrogens is 284 g/mol. The van der Waals surface area contributed by atoms with Crippen LogP contribution in [-0.4, -0.2) is 16.4 Å². The first kappa shape index (κ1) is 14.0. The Morgan fingerprint density at radius 2 is 1.95 bits per heavy atom. The Kier molecular flexibility index (Phi) is 3.62. The Labute approximate surface area is 111 Å². The molecule has 1 aromatic heterocycles. The van der Waals surface area contributed by atoms with Crippen molar-refractivity contribution in [3.05, 3.63) is 34.7 Å². The summed E-state index contributed by atoms with van der Waals surface area (Å²) in [6, 6.07) is 4.80. The van der Waals surface area contributed by atoms with Gasteiger partial charge in [0.05, 0.1) is 5.52 Å². The van der Waals surface area contributed by atoms with Gasteiger partial charge in [-0.05, 0) is 24.1 Å². The molecule has 0 aliphatic heterocycles. The Bertz CT molecular complexity index is 616. The van der Waals surface area contributed by atoms with Gasteiger partial charge >= 0.3 is 12.3 Å². The average molecular weight is 293 g/mol. The summed E-state index contributed by atoms with van der Waals surface area (Å²) in [4.78, 5) is 6.77. The van der Waals surface area contributed by atoms with E-state index in [9.17, 15) is 17.6 Å². The van der Waals surface area contributed by atoms with Gasteiger partial charge in [-0.25, -0.2) is 18.7 Å². The molecule has 0 aliphatic carbocycles. The molecule has 0 radical (unpaired) electrons. The molecule has 2 aromatic rings. The van der Waals surface area contributed by atoms with Crippen molar-refractivity contribution in [2.75, 3.05) is 0 Å². The minimum atomic E-state index is -4.42. The molecule has 19 heavy (non-hydrogen) atoms. The van der Waals surface area contributed by atoms with E-state index in [1.54, 1.807) is 12.1 Å². The highest BCUT2D eigenvalue weighted by molar-refractivity contribution is 6.34. The highest BCUT2D eigenvalue weighted by atomic mass is 35.5. The molecule has 0 amide bonds. The van der Waals surface area contributed by atoms with Crippen LogP contribution in [0.25, 0.3) is 10.9 Å². The van der Waals surface area contributed by atoms with E-state index in [2.05, 4.69) is 9.97 Å². The van der Waals surface area contributed by atoms with Crippen LogP contribution in [0.5, 0.6) is 0 Å². The molecule has 0 saturated carbocycles. The zero-order chi connectivity index (χ0) is 14.2. The van der Waals surface area contributed by atoms with Crippen LogP contribution < -0.4 is 0 Å². The van der Waals surface area contributed by atoms with Gasteiger partial charge in [-0.3, -0.25) is 0 Å². The van der Waals surface area contributed by atoms with Crippen molar-refractivity contribution in [2.45, 2.75) is 25.7 Å². The van der Waals surface area contributed by atoms with E-state index in [1.807, 2.05) is 6.92 Å². The smallest absolute Gasteiger partial charge is 0.227 e. The highest BCUT2D eigenvalue weighted by Crippen LogP contribution is 2.34. The lowest BCUT2D eigenvalue weighted by atomic mass is 10.1. The molecule has 0 fully saturated rings. The van der Waals surface area contributed by atoms with Crippen molar-refractivity contribution in [3.8, 4) is 0 Å². The first-order valence-corrected chi connectivity index (χ1v) is 5.86. The number of hydrogen-bond donors (Lipinski definition) is 0. The summed E-state index contributed by atoms with van der Waals surface area (Å²) in [5.41, 5.74) is 1.04. The van der Waals surface area contributed by atoms with Gasteiger partial charge in [-0.1, -0.05) is 24.6 Å². The van der Waals surface area contributed by atoms with E-state index < -0.39 is 18.2 Å². The van der Waals surface area contributed by atoms with Gasteiger partial charge in [-0.15, -0.1) is 0 Å². The quantitative estimate of drug-likeness (QED) is 0.626. The molecule has 0 atom stereocenters. The summed E-state index contributed by atoms with van der Waals surface area (Å²) in [5, 5.41) is 0.116.